The van der Waals surface area contributed by atoms with Crippen LogP contribution in [-0.4, -0.2) is 23.2 Å². The lowest BCUT2D eigenvalue weighted by Crippen LogP contribution is -2.14. The number of benzene rings is 2. The molecule has 2 aromatic carbocycles. The van der Waals surface area contributed by atoms with Gasteiger partial charge in [0.15, 0.2) is 11.6 Å². The van der Waals surface area contributed by atoms with Crippen molar-refractivity contribution in [2.24, 2.45) is 0 Å². The first kappa shape index (κ1) is 17.7. The first-order chi connectivity index (χ1) is 12.6. The average Bonchev–Trinajstić information content (AvgIpc) is 2.65. The van der Waals surface area contributed by atoms with Crippen LogP contribution in [0.2, 0.25) is 5.02 Å². The summed E-state index contributed by atoms with van der Waals surface area (Å²) < 4.78 is 5.19. The van der Waals surface area contributed by atoms with E-state index in [0.717, 1.165) is 11.3 Å². The van der Waals surface area contributed by atoms with Crippen LogP contribution in [0.4, 0.5) is 17.3 Å². The topological polar surface area (TPSA) is 76.1 Å². The van der Waals surface area contributed by atoms with Gasteiger partial charge < -0.3 is 15.4 Å². The van der Waals surface area contributed by atoms with Crippen LogP contribution in [0, 0.1) is 6.92 Å². The predicted molar refractivity (Wildman–Crippen MR) is 102 cm³/mol. The summed E-state index contributed by atoms with van der Waals surface area (Å²) in [6, 6.07) is 15.9. The lowest BCUT2D eigenvalue weighted by molar-refractivity contribution is 0.102. The average molecular weight is 369 g/mol. The summed E-state index contributed by atoms with van der Waals surface area (Å²) in [7, 11) is 1.52. The van der Waals surface area contributed by atoms with E-state index in [1.54, 1.807) is 42.5 Å². The third kappa shape index (κ3) is 4.10. The van der Waals surface area contributed by atoms with Crippen molar-refractivity contribution in [3.05, 3.63) is 70.7 Å². The molecule has 1 heterocycles. The summed E-state index contributed by atoms with van der Waals surface area (Å²) in [4.78, 5) is 12.4. The number of nitrogens with zero attached hydrogens (tertiary/aromatic N) is 2. The van der Waals surface area contributed by atoms with E-state index in [1.165, 1.54) is 7.11 Å². The Kier molecular flexibility index (Phi) is 5.34. The molecule has 26 heavy (non-hydrogen) atoms. The standard InChI is InChI=1S/C19H17ClN4O2/c1-12-11-13(20)7-8-15(12)21-17-9-10-18(24-23-17)22-19(25)14-5-3-4-6-16(14)26-2/h3-11H,1-2H3,(H,21,23)(H,22,24,25). The van der Waals surface area contributed by atoms with E-state index in [1.807, 2.05) is 19.1 Å². The number of halogens is 1. The van der Waals surface area contributed by atoms with Crippen LogP contribution in [0.3, 0.4) is 0 Å². The second-order valence-electron chi connectivity index (χ2n) is 5.54. The molecule has 0 radical (unpaired) electrons. The van der Waals surface area contributed by atoms with Crippen molar-refractivity contribution in [2.45, 2.75) is 6.92 Å². The lowest BCUT2D eigenvalue weighted by Gasteiger charge is -2.10. The molecule has 0 aliphatic carbocycles. The van der Waals surface area contributed by atoms with Gasteiger partial charge in [0.25, 0.3) is 5.91 Å². The number of carbonyl (C=O) groups is 1. The summed E-state index contributed by atoms with van der Waals surface area (Å²) in [5.41, 5.74) is 2.30. The van der Waals surface area contributed by atoms with E-state index in [9.17, 15) is 4.79 Å². The van der Waals surface area contributed by atoms with E-state index in [2.05, 4.69) is 20.8 Å². The molecule has 3 aromatic rings. The zero-order chi connectivity index (χ0) is 18.5. The molecule has 1 aromatic heterocycles. The molecule has 3 rings (SSSR count). The molecule has 0 aliphatic heterocycles. The molecule has 1 amide bonds. The smallest absolute Gasteiger partial charge is 0.260 e. The summed E-state index contributed by atoms with van der Waals surface area (Å²) in [6.07, 6.45) is 0. The minimum Gasteiger partial charge on any atom is -0.496 e. The van der Waals surface area contributed by atoms with Crippen molar-refractivity contribution in [1.29, 1.82) is 0 Å². The largest absolute Gasteiger partial charge is 0.496 e. The zero-order valence-corrected chi connectivity index (χ0v) is 15.0. The maximum atomic E-state index is 12.4. The van der Waals surface area contributed by atoms with Gasteiger partial charge in [0.05, 0.1) is 12.7 Å². The summed E-state index contributed by atoms with van der Waals surface area (Å²) >= 11 is 5.96. The van der Waals surface area contributed by atoms with Crippen molar-refractivity contribution >= 4 is 34.8 Å². The quantitative estimate of drug-likeness (QED) is 0.696. The second-order valence-corrected chi connectivity index (χ2v) is 5.98. The maximum absolute atomic E-state index is 12.4. The SMILES string of the molecule is COc1ccccc1C(=O)Nc1ccc(Nc2ccc(Cl)cc2C)nn1. The number of methoxy groups -OCH3 is 1. The maximum Gasteiger partial charge on any atom is 0.260 e. The van der Waals surface area contributed by atoms with E-state index < -0.39 is 0 Å². The highest BCUT2D eigenvalue weighted by atomic mass is 35.5. The lowest BCUT2D eigenvalue weighted by atomic mass is 10.2. The monoisotopic (exact) mass is 368 g/mol. The first-order valence-corrected chi connectivity index (χ1v) is 8.26. The minimum absolute atomic E-state index is 0.314. The third-order valence-electron chi connectivity index (χ3n) is 3.71. The fourth-order valence-electron chi connectivity index (χ4n) is 2.39. The zero-order valence-electron chi connectivity index (χ0n) is 14.3. The molecule has 0 spiro atoms. The molecule has 0 saturated carbocycles. The third-order valence-corrected chi connectivity index (χ3v) is 3.94. The van der Waals surface area contributed by atoms with Crippen molar-refractivity contribution in [2.75, 3.05) is 17.7 Å². The number of amides is 1. The predicted octanol–water partition coefficient (Wildman–Crippen LogP) is 4.44. The first-order valence-electron chi connectivity index (χ1n) is 7.88. The molecular weight excluding hydrogens is 352 g/mol. The Labute approximate surface area is 156 Å². The van der Waals surface area contributed by atoms with Gasteiger partial charge in [0.2, 0.25) is 0 Å². The van der Waals surface area contributed by atoms with E-state index in [0.29, 0.717) is 28.0 Å². The Morgan fingerprint density at radius 1 is 1.04 bits per heavy atom. The van der Waals surface area contributed by atoms with Gasteiger partial charge in [-0.2, -0.15) is 0 Å². The molecule has 0 unspecified atom stereocenters. The highest BCUT2D eigenvalue weighted by molar-refractivity contribution is 6.30. The van der Waals surface area contributed by atoms with Crippen LogP contribution in [0.5, 0.6) is 5.75 Å². The van der Waals surface area contributed by atoms with Crippen LogP contribution in [-0.2, 0) is 0 Å². The molecule has 7 heteroatoms. The Balaban J connectivity index is 1.70. The molecule has 0 saturated heterocycles. The number of aromatic nitrogens is 2. The van der Waals surface area contributed by atoms with Gasteiger partial charge in [-0.25, -0.2) is 0 Å². The minimum atomic E-state index is -0.314. The highest BCUT2D eigenvalue weighted by Crippen LogP contribution is 2.23. The van der Waals surface area contributed by atoms with Crippen LogP contribution in [0.25, 0.3) is 0 Å². The van der Waals surface area contributed by atoms with E-state index in [4.69, 9.17) is 16.3 Å². The van der Waals surface area contributed by atoms with Crippen molar-refractivity contribution in [3.8, 4) is 5.75 Å². The second kappa shape index (κ2) is 7.84. The van der Waals surface area contributed by atoms with Crippen LogP contribution < -0.4 is 15.4 Å². The van der Waals surface area contributed by atoms with Crippen molar-refractivity contribution < 1.29 is 9.53 Å². The van der Waals surface area contributed by atoms with Crippen LogP contribution in [0.15, 0.2) is 54.6 Å². The molecule has 0 aliphatic rings. The van der Waals surface area contributed by atoms with Gasteiger partial charge in [-0.3, -0.25) is 4.79 Å². The molecular formula is C19H17ClN4O2. The molecule has 0 atom stereocenters. The normalized spacial score (nSPS) is 10.3. The Bertz CT molecular complexity index is 929. The highest BCUT2D eigenvalue weighted by Gasteiger charge is 2.12. The van der Waals surface area contributed by atoms with Gasteiger partial charge >= 0.3 is 0 Å². The summed E-state index contributed by atoms with van der Waals surface area (Å²) in [5.74, 6) is 1.09. The fraction of sp³-hybridized carbons (Fsp3) is 0.105. The number of rotatable bonds is 5. The number of hydrogen-bond acceptors (Lipinski definition) is 5. The van der Waals surface area contributed by atoms with Crippen molar-refractivity contribution in [1.82, 2.24) is 10.2 Å². The Morgan fingerprint density at radius 2 is 1.77 bits per heavy atom. The Morgan fingerprint density at radius 3 is 2.46 bits per heavy atom. The van der Waals surface area contributed by atoms with Gasteiger partial charge in [-0.15, -0.1) is 10.2 Å². The molecule has 2 N–H and O–H groups in total. The summed E-state index contributed by atoms with van der Waals surface area (Å²) in [5, 5.41) is 14.7. The molecule has 0 fully saturated rings. The van der Waals surface area contributed by atoms with Gasteiger partial charge in [-0.1, -0.05) is 23.7 Å². The molecule has 132 valence electrons. The fourth-order valence-corrected chi connectivity index (χ4v) is 2.61. The van der Waals surface area contributed by atoms with Crippen molar-refractivity contribution in [3.63, 3.8) is 0 Å². The number of hydrogen-bond donors (Lipinski definition) is 2. The number of aryl methyl sites for hydroxylation is 1. The summed E-state index contributed by atoms with van der Waals surface area (Å²) in [6.45, 7) is 1.95. The number of carbonyl (C=O) groups excluding carboxylic acids is 1. The van der Waals surface area contributed by atoms with Gasteiger partial charge in [-0.05, 0) is 55.0 Å². The van der Waals surface area contributed by atoms with E-state index in [-0.39, 0.29) is 5.91 Å². The van der Waals surface area contributed by atoms with Gasteiger partial charge in [0.1, 0.15) is 5.75 Å². The molecule has 6 nitrogen and oxygen atoms in total. The van der Waals surface area contributed by atoms with Crippen LogP contribution >= 0.6 is 11.6 Å². The number of nitrogens with one attached hydrogen (secondary N) is 2. The Hall–Kier alpha value is -3.12. The number of para-hydroxylation sites is 1. The van der Waals surface area contributed by atoms with Crippen LogP contribution in [0.1, 0.15) is 15.9 Å². The number of ether oxygens (including phenoxy) is 1. The van der Waals surface area contributed by atoms with E-state index >= 15 is 0 Å². The van der Waals surface area contributed by atoms with Gasteiger partial charge in [0, 0.05) is 10.7 Å². The molecule has 0 bridgehead atoms. The number of anilines is 3.